The van der Waals surface area contributed by atoms with Crippen LogP contribution in [0.15, 0.2) is 60.7 Å². The Hall–Kier alpha value is -2.13. The third-order valence-electron chi connectivity index (χ3n) is 5.54. The van der Waals surface area contributed by atoms with Gasteiger partial charge in [-0.25, -0.2) is 0 Å². The number of nitrogens with one attached hydrogen (secondary N) is 1. The molecule has 2 aromatic carbocycles. The molecule has 1 aliphatic heterocycles. The number of piperidine rings is 1. The van der Waals surface area contributed by atoms with Gasteiger partial charge in [-0.1, -0.05) is 74.5 Å². The van der Waals surface area contributed by atoms with Crippen LogP contribution in [0.25, 0.3) is 0 Å². The monoisotopic (exact) mass is 337 g/mol. The Morgan fingerprint density at radius 3 is 1.96 bits per heavy atom. The number of carbonyl (C=O) groups is 1. The molecule has 0 unspecified atom stereocenters. The third-order valence-corrected chi connectivity index (χ3v) is 5.54. The van der Waals surface area contributed by atoms with E-state index in [-0.39, 0.29) is 18.0 Å². The Labute approximate surface area is 150 Å². The van der Waals surface area contributed by atoms with E-state index in [1.807, 2.05) is 43.3 Å². The van der Waals surface area contributed by atoms with E-state index in [0.29, 0.717) is 0 Å². The molecule has 3 heteroatoms. The van der Waals surface area contributed by atoms with E-state index in [4.69, 9.17) is 4.74 Å². The first kappa shape index (κ1) is 17.7. The topological polar surface area (TPSA) is 38.3 Å². The number of hydrogen-bond acceptors (Lipinski definition) is 3. The molecule has 1 fully saturated rings. The summed E-state index contributed by atoms with van der Waals surface area (Å²) in [5.74, 6) is -0.380. The van der Waals surface area contributed by atoms with E-state index in [2.05, 4.69) is 36.5 Å². The van der Waals surface area contributed by atoms with Crippen molar-refractivity contribution >= 4 is 5.97 Å². The summed E-state index contributed by atoms with van der Waals surface area (Å²) < 4.78 is 5.86. The van der Waals surface area contributed by atoms with Crippen molar-refractivity contribution in [1.29, 1.82) is 0 Å². The second kappa shape index (κ2) is 7.83. The van der Waals surface area contributed by atoms with Crippen LogP contribution in [0.4, 0.5) is 0 Å². The molecule has 1 N–H and O–H groups in total. The molecule has 2 aromatic rings. The minimum atomic E-state index is -0.424. The molecule has 3 rings (SSSR count). The highest BCUT2D eigenvalue weighted by molar-refractivity contribution is 5.75. The SMILES string of the molecule is C[C@@H](C(=O)OC1CCNCC1)C(C)(c1ccccc1)c1ccccc1. The number of esters is 1. The summed E-state index contributed by atoms with van der Waals surface area (Å²) >= 11 is 0. The molecule has 1 aliphatic rings. The lowest BCUT2D eigenvalue weighted by Crippen LogP contribution is -2.41. The Kier molecular flexibility index (Phi) is 5.54. The fraction of sp³-hybridized carbons (Fsp3) is 0.409. The molecule has 25 heavy (non-hydrogen) atoms. The van der Waals surface area contributed by atoms with Crippen molar-refractivity contribution in [3.63, 3.8) is 0 Å². The highest BCUT2D eigenvalue weighted by Crippen LogP contribution is 2.39. The molecule has 0 aliphatic carbocycles. The van der Waals surface area contributed by atoms with Crippen LogP contribution < -0.4 is 5.32 Å². The summed E-state index contributed by atoms with van der Waals surface area (Å²) in [6.45, 7) is 5.97. The minimum absolute atomic E-state index is 0.0343. The normalized spacial score (nSPS) is 17.0. The summed E-state index contributed by atoms with van der Waals surface area (Å²) in [4.78, 5) is 13.0. The van der Waals surface area contributed by atoms with Crippen molar-refractivity contribution in [1.82, 2.24) is 5.32 Å². The molecule has 0 bridgehead atoms. The highest BCUT2D eigenvalue weighted by atomic mass is 16.5. The van der Waals surface area contributed by atoms with Gasteiger partial charge in [0.25, 0.3) is 0 Å². The van der Waals surface area contributed by atoms with Gasteiger partial charge >= 0.3 is 5.97 Å². The quantitative estimate of drug-likeness (QED) is 0.840. The zero-order valence-electron chi connectivity index (χ0n) is 15.1. The summed E-state index contributed by atoms with van der Waals surface area (Å²) in [6.07, 6.45) is 1.82. The van der Waals surface area contributed by atoms with Gasteiger partial charge in [-0.3, -0.25) is 4.79 Å². The standard InChI is InChI=1S/C22H27NO2/c1-17(21(24)25-20-13-15-23-16-14-20)22(2,18-9-5-3-6-10-18)19-11-7-4-8-12-19/h3-12,17,20,23H,13-16H2,1-2H3/t17-/m0/s1. The average molecular weight is 337 g/mol. The van der Waals surface area contributed by atoms with Crippen LogP contribution in [0, 0.1) is 5.92 Å². The maximum absolute atomic E-state index is 13.0. The molecule has 3 nitrogen and oxygen atoms in total. The summed E-state index contributed by atoms with van der Waals surface area (Å²) in [6, 6.07) is 20.5. The number of carbonyl (C=O) groups excluding carboxylic acids is 1. The van der Waals surface area contributed by atoms with Gasteiger partial charge in [0.05, 0.1) is 5.92 Å². The van der Waals surface area contributed by atoms with Gasteiger partial charge in [0.1, 0.15) is 6.10 Å². The smallest absolute Gasteiger partial charge is 0.310 e. The van der Waals surface area contributed by atoms with Crippen LogP contribution in [0.5, 0.6) is 0 Å². The first-order valence-electron chi connectivity index (χ1n) is 9.14. The van der Waals surface area contributed by atoms with Crippen LogP contribution >= 0.6 is 0 Å². The molecule has 0 saturated carbocycles. The average Bonchev–Trinajstić information content (AvgIpc) is 2.69. The summed E-state index contributed by atoms with van der Waals surface area (Å²) in [5, 5.41) is 3.31. The lowest BCUT2D eigenvalue weighted by molar-refractivity contribution is -0.156. The Bertz CT molecular complexity index is 638. The Morgan fingerprint density at radius 2 is 1.48 bits per heavy atom. The van der Waals surface area contributed by atoms with Crippen LogP contribution in [0.2, 0.25) is 0 Å². The molecular weight excluding hydrogens is 310 g/mol. The van der Waals surface area contributed by atoms with E-state index in [1.54, 1.807) is 0 Å². The van der Waals surface area contributed by atoms with E-state index < -0.39 is 5.41 Å². The van der Waals surface area contributed by atoms with E-state index in [9.17, 15) is 4.79 Å². The molecule has 0 aromatic heterocycles. The van der Waals surface area contributed by atoms with Gasteiger partial charge in [-0.15, -0.1) is 0 Å². The fourth-order valence-corrected chi connectivity index (χ4v) is 3.65. The lowest BCUT2D eigenvalue weighted by Gasteiger charge is -2.36. The van der Waals surface area contributed by atoms with Gasteiger partial charge in [0.2, 0.25) is 0 Å². The zero-order valence-corrected chi connectivity index (χ0v) is 15.1. The molecule has 0 radical (unpaired) electrons. The van der Waals surface area contributed by atoms with Crippen LogP contribution in [0.3, 0.4) is 0 Å². The molecule has 1 atom stereocenters. The maximum atomic E-state index is 13.0. The summed E-state index contributed by atoms with van der Waals surface area (Å²) in [5.41, 5.74) is 1.85. The highest BCUT2D eigenvalue weighted by Gasteiger charge is 2.40. The second-order valence-electron chi connectivity index (χ2n) is 7.04. The second-order valence-corrected chi connectivity index (χ2v) is 7.04. The van der Waals surface area contributed by atoms with Gasteiger partial charge in [-0.05, 0) is 37.1 Å². The molecule has 1 heterocycles. The Morgan fingerprint density at radius 1 is 1.00 bits per heavy atom. The molecule has 1 saturated heterocycles. The van der Waals surface area contributed by atoms with Gasteiger partial charge in [0.15, 0.2) is 0 Å². The number of ether oxygens (including phenoxy) is 1. The largest absolute Gasteiger partial charge is 0.462 e. The number of rotatable bonds is 5. The van der Waals surface area contributed by atoms with Crippen LogP contribution in [0.1, 0.15) is 37.8 Å². The van der Waals surface area contributed by atoms with Gasteiger partial charge in [-0.2, -0.15) is 0 Å². The minimum Gasteiger partial charge on any atom is -0.462 e. The number of benzene rings is 2. The van der Waals surface area contributed by atoms with Gasteiger partial charge < -0.3 is 10.1 Å². The Balaban J connectivity index is 1.90. The van der Waals surface area contributed by atoms with Crippen molar-refractivity contribution in [2.75, 3.05) is 13.1 Å². The molecule has 0 spiro atoms. The molecule has 0 amide bonds. The third kappa shape index (κ3) is 3.77. The van der Waals surface area contributed by atoms with E-state index >= 15 is 0 Å². The van der Waals surface area contributed by atoms with Crippen molar-refractivity contribution in [2.45, 2.75) is 38.2 Å². The van der Waals surface area contributed by atoms with Gasteiger partial charge in [0, 0.05) is 5.41 Å². The van der Waals surface area contributed by atoms with E-state index in [0.717, 1.165) is 37.1 Å². The van der Waals surface area contributed by atoms with Crippen molar-refractivity contribution in [3.8, 4) is 0 Å². The molecule has 132 valence electrons. The first-order valence-corrected chi connectivity index (χ1v) is 9.14. The van der Waals surface area contributed by atoms with Crippen LogP contribution in [-0.4, -0.2) is 25.2 Å². The van der Waals surface area contributed by atoms with Crippen LogP contribution in [-0.2, 0) is 14.9 Å². The van der Waals surface area contributed by atoms with Crippen molar-refractivity contribution < 1.29 is 9.53 Å². The predicted octanol–water partition coefficient (Wildman–Crippen LogP) is 3.92. The van der Waals surface area contributed by atoms with Crippen molar-refractivity contribution in [2.24, 2.45) is 5.92 Å². The van der Waals surface area contributed by atoms with E-state index in [1.165, 1.54) is 0 Å². The predicted molar refractivity (Wildman–Crippen MR) is 100 cm³/mol. The zero-order chi connectivity index (χ0) is 17.7. The van der Waals surface area contributed by atoms with Crippen molar-refractivity contribution in [3.05, 3.63) is 71.8 Å². The maximum Gasteiger partial charge on any atom is 0.310 e. The fourth-order valence-electron chi connectivity index (χ4n) is 3.65. The lowest BCUT2D eigenvalue weighted by atomic mass is 9.68. The first-order chi connectivity index (χ1) is 12.1. The number of hydrogen-bond donors (Lipinski definition) is 1. The molecular formula is C22H27NO2. The summed E-state index contributed by atoms with van der Waals surface area (Å²) in [7, 11) is 0.